The number of imide groups is 1. The molecule has 2 aromatic heterocycles. The van der Waals surface area contributed by atoms with Gasteiger partial charge in [0.15, 0.2) is 5.75 Å². The van der Waals surface area contributed by atoms with Crippen LogP contribution >= 0.6 is 15.9 Å². The minimum absolute atomic E-state index is 0.190. The number of aromatic nitrogens is 2. The molecule has 3 heterocycles. The van der Waals surface area contributed by atoms with Crippen molar-refractivity contribution in [2.75, 3.05) is 0 Å². The normalized spacial score (nSPS) is 19.0. The predicted octanol–water partition coefficient (Wildman–Crippen LogP) is 1.37. The topological polar surface area (TPSA) is 107 Å². The van der Waals surface area contributed by atoms with Crippen molar-refractivity contribution in [3.63, 3.8) is 0 Å². The highest BCUT2D eigenvalue weighted by atomic mass is 79.9. The Morgan fingerprint density at radius 3 is 2.83 bits per heavy atom. The summed E-state index contributed by atoms with van der Waals surface area (Å²) in [4.78, 5) is 27.2. The van der Waals surface area contributed by atoms with E-state index < -0.39 is 22.5 Å². The fraction of sp³-hybridized carbons (Fsp3) is 0.250. The zero-order chi connectivity index (χ0) is 16.8. The summed E-state index contributed by atoms with van der Waals surface area (Å²) in [6, 6.07) is 0.967. The van der Waals surface area contributed by atoms with E-state index in [-0.39, 0.29) is 22.6 Å². The molecule has 1 atom stereocenters. The number of rotatable bonds is 3. The van der Waals surface area contributed by atoms with Gasteiger partial charge in [0.05, 0.1) is 10.7 Å². The van der Waals surface area contributed by atoms with Gasteiger partial charge in [0.1, 0.15) is 11.7 Å². The van der Waals surface area contributed by atoms with Gasteiger partial charge < -0.3 is 8.75 Å². The van der Waals surface area contributed by atoms with Crippen molar-refractivity contribution in [3.05, 3.63) is 22.9 Å². The van der Waals surface area contributed by atoms with Gasteiger partial charge in [-0.1, -0.05) is 3.89 Å². The molecule has 0 radical (unpaired) electrons. The van der Waals surface area contributed by atoms with E-state index in [9.17, 15) is 21.9 Å². The molecule has 1 saturated heterocycles. The first kappa shape index (κ1) is 15.9. The first-order valence-electron chi connectivity index (χ1n) is 6.39. The van der Waals surface area contributed by atoms with Crippen molar-refractivity contribution in [1.82, 2.24) is 14.9 Å². The number of pyridine rings is 1. The van der Waals surface area contributed by atoms with Crippen LogP contribution in [0.2, 0.25) is 0 Å². The Kier molecular flexibility index (Phi) is 3.84. The Bertz CT molecular complexity index is 926. The summed E-state index contributed by atoms with van der Waals surface area (Å²) in [7, 11) is -5.18. The van der Waals surface area contributed by atoms with Crippen LogP contribution < -0.4 is 9.50 Å². The lowest BCUT2D eigenvalue weighted by Gasteiger charge is -2.22. The van der Waals surface area contributed by atoms with Crippen molar-refractivity contribution in [1.29, 1.82) is 0 Å². The lowest BCUT2D eigenvalue weighted by molar-refractivity contribution is -0.135. The van der Waals surface area contributed by atoms with Gasteiger partial charge in [-0.3, -0.25) is 14.9 Å². The SMILES string of the molecule is O=C1CCC(n2ccc3c(Br)c(OS(=O)(=O)F)cnc32)C(=O)N1. The molecular weight excluding hydrogens is 397 g/mol. The van der Waals surface area contributed by atoms with Crippen LogP contribution in [0.25, 0.3) is 11.0 Å². The highest BCUT2D eigenvalue weighted by Crippen LogP contribution is 2.35. The van der Waals surface area contributed by atoms with Crippen molar-refractivity contribution in [3.8, 4) is 5.75 Å². The van der Waals surface area contributed by atoms with Gasteiger partial charge in [-0.15, -0.1) is 0 Å². The maximum absolute atomic E-state index is 12.7. The fourth-order valence-corrected chi connectivity index (χ4v) is 3.36. The van der Waals surface area contributed by atoms with Gasteiger partial charge in [0.25, 0.3) is 0 Å². The smallest absolute Gasteiger partial charge is 0.355 e. The number of nitrogens with one attached hydrogen (secondary N) is 1. The summed E-state index contributed by atoms with van der Waals surface area (Å²) in [5, 5.41) is 2.69. The number of hydrogen-bond donors (Lipinski definition) is 1. The maximum Gasteiger partial charge on any atom is 0.488 e. The molecule has 0 bridgehead atoms. The number of carbonyl (C=O) groups is 2. The van der Waals surface area contributed by atoms with Crippen molar-refractivity contribution < 1.29 is 26.1 Å². The third-order valence-corrected chi connectivity index (χ3v) is 4.58. The second-order valence-corrected chi connectivity index (χ2v) is 6.59. The van der Waals surface area contributed by atoms with Crippen molar-refractivity contribution in [2.45, 2.75) is 18.9 Å². The van der Waals surface area contributed by atoms with Crippen LogP contribution in [0.3, 0.4) is 0 Å². The van der Waals surface area contributed by atoms with E-state index in [4.69, 9.17) is 0 Å². The average molecular weight is 406 g/mol. The van der Waals surface area contributed by atoms with E-state index in [2.05, 4.69) is 30.4 Å². The summed E-state index contributed by atoms with van der Waals surface area (Å²) in [5.74, 6) is -1.08. The first-order chi connectivity index (χ1) is 10.8. The summed E-state index contributed by atoms with van der Waals surface area (Å²) in [6.07, 6.45) is 3.14. The third-order valence-electron chi connectivity index (χ3n) is 3.38. The minimum Gasteiger partial charge on any atom is -0.355 e. The first-order valence-corrected chi connectivity index (χ1v) is 8.49. The Labute approximate surface area is 138 Å². The Balaban J connectivity index is 2.04. The van der Waals surface area contributed by atoms with Crippen LogP contribution in [-0.4, -0.2) is 29.8 Å². The third kappa shape index (κ3) is 3.06. The van der Waals surface area contributed by atoms with Gasteiger partial charge in [0.2, 0.25) is 11.8 Å². The Hall–Kier alpha value is -2.01. The monoisotopic (exact) mass is 405 g/mol. The fourth-order valence-electron chi connectivity index (χ4n) is 2.42. The van der Waals surface area contributed by atoms with E-state index in [1.54, 1.807) is 16.8 Å². The number of fused-ring (bicyclic) bond motifs is 1. The molecule has 1 aliphatic heterocycles. The van der Waals surface area contributed by atoms with Crippen LogP contribution in [0.5, 0.6) is 5.75 Å². The van der Waals surface area contributed by atoms with E-state index >= 15 is 0 Å². The average Bonchev–Trinajstić information content (AvgIpc) is 2.85. The molecule has 1 aliphatic rings. The summed E-state index contributed by atoms with van der Waals surface area (Å²) >= 11 is 3.13. The Morgan fingerprint density at radius 1 is 1.43 bits per heavy atom. The molecule has 1 N–H and O–H groups in total. The molecule has 0 saturated carbocycles. The summed E-state index contributed by atoms with van der Waals surface area (Å²) in [5.41, 5.74) is 0.370. The van der Waals surface area contributed by atoms with Gasteiger partial charge in [-0.05, 0) is 28.4 Å². The molecule has 2 aromatic rings. The van der Waals surface area contributed by atoms with Crippen LogP contribution in [0.15, 0.2) is 22.9 Å². The maximum atomic E-state index is 12.7. The lowest BCUT2D eigenvalue weighted by Crippen LogP contribution is -2.41. The molecule has 23 heavy (non-hydrogen) atoms. The molecule has 3 rings (SSSR count). The van der Waals surface area contributed by atoms with Gasteiger partial charge >= 0.3 is 10.5 Å². The number of nitrogens with zero attached hydrogens (tertiary/aromatic N) is 2. The zero-order valence-electron chi connectivity index (χ0n) is 11.3. The second-order valence-electron chi connectivity index (χ2n) is 4.84. The highest BCUT2D eigenvalue weighted by Gasteiger charge is 2.29. The molecule has 1 fully saturated rings. The summed E-state index contributed by atoms with van der Waals surface area (Å²) < 4.78 is 39.8. The lowest BCUT2D eigenvalue weighted by atomic mass is 10.1. The number of piperidine rings is 1. The molecule has 0 aliphatic carbocycles. The van der Waals surface area contributed by atoms with E-state index in [1.807, 2.05) is 0 Å². The van der Waals surface area contributed by atoms with Gasteiger partial charge in [-0.2, -0.15) is 8.42 Å². The van der Waals surface area contributed by atoms with E-state index in [1.165, 1.54) is 0 Å². The highest BCUT2D eigenvalue weighted by molar-refractivity contribution is 9.10. The second kappa shape index (κ2) is 5.57. The number of carbonyl (C=O) groups excluding carboxylic acids is 2. The largest absolute Gasteiger partial charge is 0.488 e. The van der Waals surface area contributed by atoms with Crippen LogP contribution in [-0.2, 0) is 20.1 Å². The van der Waals surface area contributed by atoms with E-state index in [0.717, 1.165) is 6.20 Å². The van der Waals surface area contributed by atoms with Gasteiger partial charge in [0, 0.05) is 18.0 Å². The van der Waals surface area contributed by atoms with Crippen molar-refractivity contribution >= 4 is 49.3 Å². The molecule has 0 aromatic carbocycles. The van der Waals surface area contributed by atoms with E-state index in [0.29, 0.717) is 17.5 Å². The molecule has 8 nitrogen and oxygen atoms in total. The van der Waals surface area contributed by atoms with Crippen LogP contribution in [0, 0.1) is 0 Å². The van der Waals surface area contributed by atoms with Crippen LogP contribution in [0.4, 0.5) is 3.89 Å². The number of hydrogen-bond acceptors (Lipinski definition) is 6. The van der Waals surface area contributed by atoms with Crippen LogP contribution in [0.1, 0.15) is 18.9 Å². The zero-order valence-corrected chi connectivity index (χ0v) is 13.7. The summed E-state index contributed by atoms with van der Waals surface area (Å²) in [6.45, 7) is 0. The predicted molar refractivity (Wildman–Crippen MR) is 79.5 cm³/mol. The molecule has 1 unspecified atom stereocenters. The molecule has 0 spiro atoms. The molecular formula is C12H9BrFN3O5S. The molecule has 122 valence electrons. The standard InChI is InChI=1S/C12H9BrFN3O5S/c13-10-6-3-4-17(7-1-2-9(18)16-12(7)19)11(6)15-5-8(10)22-23(14,20)21/h3-5,7H,1-2H2,(H,16,18,19). The minimum atomic E-state index is -5.18. The molecule has 11 heteroatoms. The number of halogens is 2. The van der Waals surface area contributed by atoms with Crippen molar-refractivity contribution in [2.24, 2.45) is 0 Å². The quantitative estimate of drug-likeness (QED) is 0.610. The molecule has 2 amide bonds. The Morgan fingerprint density at radius 2 is 2.17 bits per heavy atom. The van der Waals surface area contributed by atoms with Gasteiger partial charge in [-0.25, -0.2) is 4.98 Å². The number of amides is 2.